The molecule has 4 aromatic carbocycles. The highest BCUT2D eigenvalue weighted by molar-refractivity contribution is 9.10. The Hall–Kier alpha value is -1.86. The SMILES string of the molecule is Brc1ccc2c(ccc3ccc4ccccc4c32)c1. The third kappa shape index (κ3) is 1.66. The molecule has 90 valence electrons. The van der Waals surface area contributed by atoms with Gasteiger partial charge < -0.3 is 0 Å². The summed E-state index contributed by atoms with van der Waals surface area (Å²) in [6.45, 7) is 0. The van der Waals surface area contributed by atoms with Crippen molar-refractivity contribution in [2.75, 3.05) is 0 Å². The Kier molecular flexibility index (Phi) is 2.36. The lowest BCUT2D eigenvalue weighted by Crippen LogP contribution is -1.81. The summed E-state index contributed by atoms with van der Waals surface area (Å²) in [5.41, 5.74) is 0. The summed E-state index contributed by atoms with van der Waals surface area (Å²) in [5.74, 6) is 0. The molecule has 0 unspecified atom stereocenters. The summed E-state index contributed by atoms with van der Waals surface area (Å²) >= 11 is 3.55. The van der Waals surface area contributed by atoms with Crippen molar-refractivity contribution in [2.24, 2.45) is 0 Å². The summed E-state index contributed by atoms with van der Waals surface area (Å²) in [6, 6.07) is 23.9. The Balaban J connectivity index is 2.33. The number of fused-ring (bicyclic) bond motifs is 5. The zero-order chi connectivity index (χ0) is 12.8. The van der Waals surface area contributed by atoms with Crippen LogP contribution in [0.1, 0.15) is 0 Å². The summed E-state index contributed by atoms with van der Waals surface area (Å²) in [7, 11) is 0. The molecule has 0 heterocycles. The fraction of sp³-hybridized carbons (Fsp3) is 0. The highest BCUT2D eigenvalue weighted by Gasteiger charge is 2.05. The van der Waals surface area contributed by atoms with Crippen molar-refractivity contribution in [3.63, 3.8) is 0 Å². The lowest BCUT2D eigenvalue weighted by molar-refractivity contribution is 1.73. The van der Waals surface area contributed by atoms with Gasteiger partial charge in [-0.1, -0.05) is 70.5 Å². The van der Waals surface area contributed by atoms with Crippen LogP contribution < -0.4 is 0 Å². The third-order valence-electron chi connectivity index (χ3n) is 3.69. The first-order valence-corrected chi connectivity index (χ1v) is 7.12. The average Bonchev–Trinajstić information content (AvgIpc) is 2.46. The lowest BCUT2D eigenvalue weighted by atomic mass is 9.97. The van der Waals surface area contributed by atoms with Gasteiger partial charge in [0.25, 0.3) is 0 Å². The molecule has 0 saturated carbocycles. The van der Waals surface area contributed by atoms with Gasteiger partial charge in [-0.15, -0.1) is 0 Å². The van der Waals surface area contributed by atoms with Crippen LogP contribution in [-0.4, -0.2) is 0 Å². The van der Waals surface area contributed by atoms with Crippen molar-refractivity contribution in [3.05, 3.63) is 71.2 Å². The first-order valence-electron chi connectivity index (χ1n) is 6.33. The van der Waals surface area contributed by atoms with Gasteiger partial charge in [0.2, 0.25) is 0 Å². The Morgan fingerprint density at radius 3 is 2.16 bits per heavy atom. The average molecular weight is 307 g/mol. The van der Waals surface area contributed by atoms with E-state index < -0.39 is 0 Å². The summed E-state index contributed by atoms with van der Waals surface area (Å²) in [6.07, 6.45) is 0. The van der Waals surface area contributed by atoms with E-state index in [2.05, 4.69) is 82.7 Å². The summed E-state index contributed by atoms with van der Waals surface area (Å²) in [4.78, 5) is 0. The zero-order valence-electron chi connectivity index (χ0n) is 10.2. The van der Waals surface area contributed by atoms with E-state index in [1.54, 1.807) is 0 Å². The molecular weight excluding hydrogens is 296 g/mol. The van der Waals surface area contributed by atoms with E-state index in [1.165, 1.54) is 32.3 Å². The molecule has 0 amide bonds. The molecule has 0 aliphatic rings. The molecule has 19 heavy (non-hydrogen) atoms. The molecule has 0 bridgehead atoms. The zero-order valence-corrected chi connectivity index (χ0v) is 11.8. The molecule has 0 N–H and O–H groups in total. The second-order valence-electron chi connectivity index (χ2n) is 4.82. The van der Waals surface area contributed by atoms with Crippen molar-refractivity contribution >= 4 is 48.2 Å². The Labute approximate surface area is 119 Å². The minimum Gasteiger partial charge on any atom is -0.0616 e. The van der Waals surface area contributed by atoms with Crippen molar-refractivity contribution in [1.29, 1.82) is 0 Å². The quantitative estimate of drug-likeness (QED) is 0.354. The number of hydrogen-bond acceptors (Lipinski definition) is 0. The number of benzene rings is 4. The molecule has 0 radical (unpaired) electrons. The van der Waals surface area contributed by atoms with Gasteiger partial charge in [0, 0.05) is 4.47 Å². The van der Waals surface area contributed by atoms with E-state index in [1.807, 2.05) is 0 Å². The van der Waals surface area contributed by atoms with Crippen LogP contribution in [0.4, 0.5) is 0 Å². The highest BCUT2D eigenvalue weighted by Crippen LogP contribution is 2.33. The van der Waals surface area contributed by atoms with Gasteiger partial charge >= 0.3 is 0 Å². The molecule has 0 aliphatic heterocycles. The van der Waals surface area contributed by atoms with E-state index in [-0.39, 0.29) is 0 Å². The fourth-order valence-corrected chi connectivity index (χ4v) is 3.19. The summed E-state index contributed by atoms with van der Waals surface area (Å²) in [5, 5.41) is 7.87. The molecule has 0 nitrogen and oxygen atoms in total. The first-order chi connectivity index (χ1) is 9.33. The maximum atomic E-state index is 3.55. The third-order valence-corrected chi connectivity index (χ3v) is 4.18. The van der Waals surface area contributed by atoms with E-state index >= 15 is 0 Å². The molecule has 0 fully saturated rings. The van der Waals surface area contributed by atoms with Gasteiger partial charge in [-0.25, -0.2) is 0 Å². The van der Waals surface area contributed by atoms with Crippen LogP contribution in [0.3, 0.4) is 0 Å². The van der Waals surface area contributed by atoms with Crippen molar-refractivity contribution in [3.8, 4) is 0 Å². The van der Waals surface area contributed by atoms with Gasteiger partial charge in [0.1, 0.15) is 0 Å². The van der Waals surface area contributed by atoms with E-state index in [9.17, 15) is 0 Å². The summed E-state index contributed by atoms with van der Waals surface area (Å²) < 4.78 is 1.12. The highest BCUT2D eigenvalue weighted by atomic mass is 79.9. The second kappa shape index (κ2) is 4.07. The first kappa shape index (κ1) is 11.0. The molecule has 0 saturated heterocycles. The molecule has 0 aromatic heterocycles. The van der Waals surface area contributed by atoms with Crippen LogP contribution >= 0.6 is 15.9 Å². The van der Waals surface area contributed by atoms with Gasteiger partial charge in [-0.2, -0.15) is 0 Å². The van der Waals surface area contributed by atoms with Gasteiger partial charge in [0.15, 0.2) is 0 Å². The van der Waals surface area contributed by atoms with Crippen LogP contribution in [-0.2, 0) is 0 Å². The Morgan fingerprint density at radius 1 is 0.579 bits per heavy atom. The molecule has 0 spiro atoms. The lowest BCUT2D eigenvalue weighted by Gasteiger charge is -2.08. The Bertz CT molecular complexity index is 922. The molecule has 4 rings (SSSR count). The van der Waals surface area contributed by atoms with Crippen molar-refractivity contribution < 1.29 is 0 Å². The van der Waals surface area contributed by atoms with Crippen LogP contribution in [0.5, 0.6) is 0 Å². The molecule has 4 aromatic rings. The fourth-order valence-electron chi connectivity index (χ4n) is 2.81. The maximum Gasteiger partial charge on any atom is 0.0181 e. The predicted octanol–water partition coefficient (Wildman–Crippen LogP) is 5.91. The van der Waals surface area contributed by atoms with Gasteiger partial charge in [-0.05, 0) is 44.5 Å². The molecule has 1 heteroatoms. The number of rotatable bonds is 0. The smallest absolute Gasteiger partial charge is 0.0181 e. The van der Waals surface area contributed by atoms with E-state index in [0.717, 1.165) is 4.47 Å². The van der Waals surface area contributed by atoms with Crippen LogP contribution in [0.2, 0.25) is 0 Å². The van der Waals surface area contributed by atoms with Crippen molar-refractivity contribution in [2.45, 2.75) is 0 Å². The Morgan fingerprint density at radius 2 is 1.26 bits per heavy atom. The van der Waals surface area contributed by atoms with E-state index in [0.29, 0.717) is 0 Å². The maximum absolute atomic E-state index is 3.55. The molecule has 0 aliphatic carbocycles. The standard InChI is InChI=1S/C18H11Br/c19-15-9-10-17-14(11-15)8-7-13-6-5-12-3-1-2-4-16(12)18(13)17/h1-11H. The number of halogens is 1. The van der Waals surface area contributed by atoms with E-state index in [4.69, 9.17) is 0 Å². The largest absolute Gasteiger partial charge is 0.0616 e. The minimum absolute atomic E-state index is 1.12. The molecule has 0 atom stereocenters. The topological polar surface area (TPSA) is 0 Å². The van der Waals surface area contributed by atoms with Crippen LogP contribution in [0.15, 0.2) is 71.2 Å². The number of hydrogen-bond donors (Lipinski definition) is 0. The minimum atomic E-state index is 1.12. The second-order valence-corrected chi connectivity index (χ2v) is 5.73. The van der Waals surface area contributed by atoms with Gasteiger partial charge in [0.05, 0.1) is 0 Å². The van der Waals surface area contributed by atoms with Crippen LogP contribution in [0, 0.1) is 0 Å². The predicted molar refractivity (Wildman–Crippen MR) is 86.7 cm³/mol. The van der Waals surface area contributed by atoms with Gasteiger partial charge in [-0.3, -0.25) is 0 Å². The monoisotopic (exact) mass is 306 g/mol. The molecular formula is C18H11Br. The van der Waals surface area contributed by atoms with Crippen molar-refractivity contribution in [1.82, 2.24) is 0 Å². The normalized spacial score (nSPS) is 11.4. The van der Waals surface area contributed by atoms with Crippen LogP contribution in [0.25, 0.3) is 32.3 Å².